The Hall–Kier alpha value is -4.15. The van der Waals surface area contributed by atoms with Gasteiger partial charge in [0, 0.05) is 72.9 Å². The van der Waals surface area contributed by atoms with E-state index >= 15 is 0 Å². The van der Waals surface area contributed by atoms with Crippen LogP contribution in [0.5, 0.6) is 0 Å². The number of anilines is 1. The number of nitrogens with one attached hydrogen (secondary N) is 1. The molecule has 5 aliphatic rings. The minimum absolute atomic E-state index is 0.112. The first-order chi connectivity index (χ1) is 21.0. The van der Waals surface area contributed by atoms with Crippen molar-refractivity contribution in [1.82, 2.24) is 14.8 Å². The molecule has 2 heterocycles. The first-order valence-electron chi connectivity index (χ1n) is 15.7. The molecular weight excluding hydrogens is 534 g/mol. The van der Waals surface area contributed by atoms with Crippen molar-refractivity contribution in [2.75, 3.05) is 31.5 Å². The summed E-state index contributed by atoms with van der Waals surface area (Å²) in [6, 6.07) is 19.6. The Morgan fingerprint density at radius 1 is 0.907 bits per heavy atom. The number of hydrogen-bond donors (Lipinski definition) is 2. The number of piperazine rings is 1. The quantitative estimate of drug-likeness (QED) is 0.132. The van der Waals surface area contributed by atoms with Crippen LogP contribution < -0.4 is 5.32 Å². The molecule has 3 aromatic rings. The second kappa shape index (κ2) is 11.9. The highest BCUT2D eigenvalue weighted by Gasteiger charge is 2.50. The Morgan fingerprint density at radius 3 is 2.19 bits per heavy atom. The Kier molecular flexibility index (Phi) is 7.63. The van der Waals surface area contributed by atoms with Crippen LogP contribution in [-0.4, -0.2) is 57.9 Å². The highest BCUT2D eigenvalue weighted by Crippen LogP contribution is 2.59. The fourth-order valence-corrected chi connectivity index (χ4v) is 8.24. The van der Waals surface area contributed by atoms with Crippen molar-refractivity contribution in [2.45, 2.75) is 45.1 Å². The van der Waals surface area contributed by atoms with Crippen LogP contribution in [0.25, 0.3) is 0 Å². The van der Waals surface area contributed by atoms with Crippen LogP contribution in [0.15, 0.2) is 78.2 Å². The summed E-state index contributed by atoms with van der Waals surface area (Å²) in [6.07, 6.45) is 11.6. The highest BCUT2D eigenvalue weighted by molar-refractivity contribution is 6.04. The molecule has 2 aromatic carbocycles. The Morgan fingerprint density at radius 2 is 1.58 bits per heavy atom. The zero-order valence-corrected chi connectivity index (χ0v) is 24.6. The van der Waals surface area contributed by atoms with Crippen LogP contribution in [0.2, 0.25) is 0 Å². The Bertz CT molecular complexity index is 1500. The summed E-state index contributed by atoms with van der Waals surface area (Å²) in [7, 11) is 0. The van der Waals surface area contributed by atoms with Gasteiger partial charge in [0.2, 0.25) is 0 Å². The van der Waals surface area contributed by atoms with E-state index in [1.807, 2.05) is 60.7 Å². The van der Waals surface area contributed by atoms with Crippen molar-refractivity contribution in [3.8, 4) is 11.8 Å². The lowest BCUT2D eigenvalue weighted by Gasteiger charge is -2.54. The molecule has 1 amide bonds. The SMILES string of the molecule is O=C(Nc1ccc(C#CC23CC4CC(CC(C4)C2)C3)cc1)c1ccc(CN2CCN(C(=NO)c3cccnc3)CC2)cc1. The van der Waals surface area contributed by atoms with Crippen molar-refractivity contribution >= 4 is 17.4 Å². The summed E-state index contributed by atoms with van der Waals surface area (Å²) in [6.45, 7) is 4.04. The van der Waals surface area contributed by atoms with Crippen LogP contribution in [0.4, 0.5) is 5.69 Å². The molecule has 4 aliphatic carbocycles. The molecule has 7 nitrogen and oxygen atoms in total. The average molecular weight is 574 g/mol. The third kappa shape index (κ3) is 6.16. The Labute approximate surface area is 254 Å². The summed E-state index contributed by atoms with van der Waals surface area (Å²) in [4.78, 5) is 21.5. The molecule has 1 aliphatic heterocycles. The van der Waals surface area contributed by atoms with Crippen molar-refractivity contribution in [3.05, 3.63) is 95.3 Å². The molecule has 1 saturated heterocycles. The maximum atomic E-state index is 12.9. The van der Waals surface area contributed by atoms with E-state index in [1.165, 1.54) is 38.5 Å². The minimum Gasteiger partial charge on any atom is -0.409 e. The van der Waals surface area contributed by atoms with E-state index < -0.39 is 0 Å². The molecule has 0 atom stereocenters. The zero-order chi connectivity index (χ0) is 29.2. The smallest absolute Gasteiger partial charge is 0.255 e. The van der Waals surface area contributed by atoms with Crippen LogP contribution >= 0.6 is 0 Å². The van der Waals surface area contributed by atoms with Gasteiger partial charge in [-0.25, -0.2) is 0 Å². The van der Waals surface area contributed by atoms with Gasteiger partial charge < -0.3 is 15.4 Å². The molecule has 5 fully saturated rings. The number of amides is 1. The summed E-state index contributed by atoms with van der Waals surface area (Å²) in [5, 5.41) is 16.1. The third-order valence-electron chi connectivity index (χ3n) is 9.96. The summed E-state index contributed by atoms with van der Waals surface area (Å²) in [5.74, 6) is 10.4. The Balaban J connectivity index is 0.902. The number of carbonyl (C=O) groups is 1. The first-order valence-corrected chi connectivity index (χ1v) is 15.7. The van der Waals surface area contributed by atoms with Crippen LogP contribution in [0.1, 0.15) is 65.6 Å². The van der Waals surface area contributed by atoms with Gasteiger partial charge >= 0.3 is 0 Å². The van der Waals surface area contributed by atoms with E-state index in [-0.39, 0.29) is 11.3 Å². The number of benzene rings is 2. The molecule has 0 spiro atoms. The lowest BCUT2D eigenvalue weighted by atomic mass is 9.50. The van der Waals surface area contributed by atoms with Gasteiger partial charge in [-0.3, -0.25) is 14.7 Å². The van der Waals surface area contributed by atoms with E-state index in [4.69, 9.17) is 0 Å². The van der Waals surface area contributed by atoms with Crippen molar-refractivity contribution < 1.29 is 10.0 Å². The predicted octanol–water partition coefficient (Wildman–Crippen LogP) is 5.86. The van der Waals surface area contributed by atoms with Gasteiger partial charge in [0.25, 0.3) is 5.91 Å². The standard InChI is InChI=1S/C36H39N5O2/c42-35(38-33-9-5-26(6-10-33)11-12-36-21-28-18-29(22-36)20-30(19-28)23-36)31-7-3-27(4-8-31)25-40-14-16-41(17-15-40)34(39-43)32-2-1-13-37-24-32/h1-10,13,24,28-30,43H,14-23,25H2,(H,38,42). The molecule has 1 aromatic heterocycles. The van der Waals surface area contributed by atoms with Gasteiger partial charge in [0.15, 0.2) is 5.84 Å². The van der Waals surface area contributed by atoms with Crippen LogP contribution in [0, 0.1) is 35.0 Å². The summed E-state index contributed by atoms with van der Waals surface area (Å²) < 4.78 is 0. The van der Waals surface area contributed by atoms with Gasteiger partial charge in [-0.05, 0) is 110 Å². The monoisotopic (exact) mass is 573 g/mol. The number of rotatable bonds is 5. The van der Waals surface area contributed by atoms with Crippen LogP contribution in [0.3, 0.4) is 0 Å². The van der Waals surface area contributed by atoms with Crippen molar-refractivity contribution in [2.24, 2.45) is 28.3 Å². The maximum absolute atomic E-state index is 12.9. The molecule has 43 heavy (non-hydrogen) atoms. The summed E-state index contributed by atoms with van der Waals surface area (Å²) in [5.41, 5.74) is 4.67. The minimum atomic E-state index is -0.112. The fraction of sp³-hybridized carbons (Fsp3) is 0.417. The third-order valence-corrected chi connectivity index (χ3v) is 9.96. The fourth-order valence-electron chi connectivity index (χ4n) is 8.24. The van der Waals surface area contributed by atoms with E-state index in [1.54, 1.807) is 12.4 Å². The predicted molar refractivity (Wildman–Crippen MR) is 168 cm³/mol. The lowest BCUT2D eigenvalue weighted by Crippen LogP contribution is -2.48. The van der Waals surface area contributed by atoms with Crippen LogP contribution in [-0.2, 0) is 6.54 Å². The molecule has 2 N–H and O–H groups in total. The number of hydrogen-bond acceptors (Lipinski definition) is 5. The van der Waals surface area contributed by atoms with E-state index in [2.05, 4.69) is 37.1 Å². The van der Waals surface area contributed by atoms with Gasteiger partial charge in [0.05, 0.1) is 0 Å². The number of nitrogens with zero attached hydrogens (tertiary/aromatic N) is 4. The largest absolute Gasteiger partial charge is 0.409 e. The van der Waals surface area contributed by atoms with Gasteiger partial charge in [-0.1, -0.05) is 29.1 Å². The van der Waals surface area contributed by atoms with Gasteiger partial charge in [0.1, 0.15) is 0 Å². The second-order valence-corrected chi connectivity index (χ2v) is 13.1. The number of aromatic nitrogens is 1. The van der Waals surface area contributed by atoms with Crippen molar-refractivity contribution in [3.63, 3.8) is 0 Å². The van der Waals surface area contributed by atoms with E-state index in [0.29, 0.717) is 11.4 Å². The molecule has 220 valence electrons. The second-order valence-electron chi connectivity index (χ2n) is 13.1. The lowest BCUT2D eigenvalue weighted by molar-refractivity contribution is -0.0181. The van der Waals surface area contributed by atoms with E-state index in [9.17, 15) is 10.0 Å². The van der Waals surface area contributed by atoms with E-state index in [0.717, 1.165) is 72.9 Å². The molecule has 8 rings (SSSR count). The molecule has 4 bridgehead atoms. The number of carbonyl (C=O) groups excluding carboxylic acids is 1. The average Bonchev–Trinajstić information content (AvgIpc) is 3.02. The molecular formula is C36H39N5O2. The highest BCUT2D eigenvalue weighted by atomic mass is 16.4. The first kappa shape index (κ1) is 27.7. The normalized spacial score (nSPS) is 26.6. The molecule has 0 unspecified atom stereocenters. The molecule has 0 radical (unpaired) electrons. The summed E-state index contributed by atoms with van der Waals surface area (Å²) >= 11 is 0. The molecule has 4 saturated carbocycles. The van der Waals surface area contributed by atoms with Crippen molar-refractivity contribution in [1.29, 1.82) is 0 Å². The number of oxime groups is 1. The maximum Gasteiger partial charge on any atom is 0.255 e. The molecule has 7 heteroatoms. The zero-order valence-electron chi connectivity index (χ0n) is 24.6. The number of amidine groups is 1. The van der Waals surface area contributed by atoms with Gasteiger partial charge in [-0.15, -0.1) is 0 Å². The topological polar surface area (TPSA) is 81.1 Å². The number of pyridine rings is 1. The van der Waals surface area contributed by atoms with Gasteiger partial charge in [-0.2, -0.15) is 0 Å².